The second-order valence-corrected chi connectivity index (χ2v) is 5.90. The molecule has 1 aromatic heterocycles. The Morgan fingerprint density at radius 1 is 1.35 bits per heavy atom. The molecule has 1 rings (SSSR count). The smallest absolute Gasteiger partial charge is 0.213 e. The fourth-order valence-electron chi connectivity index (χ4n) is 1.65. The van der Waals surface area contributed by atoms with Crippen molar-refractivity contribution in [2.45, 2.75) is 46.3 Å². The fraction of sp³-hybridized carbons (Fsp3) is 0.625. The Morgan fingerprint density at radius 3 is 2.65 bits per heavy atom. The topological polar surface area (TPSA) is 81.8 Å². The van der Waals surface area contributed by atoms with Crippen molar-refractivity contribution >= 4 is 29.9 Å². The second-order valence-electron chi connectivity index (χ2n) is 5.90. The Hall–Kier alpha value is -1.09. The van der Waals surface area contributed by atoms with E-state index >= 15 is 0 Å². The molecule has 7 heteroatoms. The molecule has 0 amide bonds. The van der Waals surface area contributed by atoms with Gasteiger partial charge >= 0.3 is 0 Å². The number of halogens is 1. The number of aromatic nitrogens is 1. The number of nitrogens with one attached hydrogen (secondary N) is 1. The molecule has 6 nitrogen and oxygen atoms in total. The van der Waals surface area contributed by atoms with Crippen LogP contribution < -0.4 is 15.8 Å². The van der Waals surface area contributed by atoms with Crippen LogP contribution in [0.2, 0.25) is 0 Å². The zero-order valence-electron chi connectivity index (χ0n) is 14.5. The minimum Gasteiger partial charge on any atom is -0.472 e. The molecular weight excluding hydrogens is 407 g/mol. The Labute approximate surface area is 156 Å². The summed E-state index contributed by atoms with van der Waals surface area (Å²) >= 11 is 0. The highest BCUT2D eigenvalue weighted by Crippen LogP contribution is 2.15. The van der Waals surface area contributed by atoms with E-state index in [-0.39, 0.29) is 29.6 Å². The van der Waals surface area contributed by atoms with E-state index in [4.69, 9.17) is 15.2 Å². The van der Waals surface area contributed by atoms with Crippen LogP contribution in [0.25, 0.3) is 0 Å². The highest BCUT2D eigenvalue weighted by atomic mass is 127. The number of aliphatic imine (C=N–C) groups is 1. The van der Waals surface area contributed by atoms with Crippen molar-refractivity contribution in [3.05, 3.63) is 23.9 Å². The van der Waals surface area contributed by atoms with Crippen molar-refractivity contribution in [1.82, 2.24) is 10.3 Å². The van der Waals surface area contributed by atoms with Crippen LogP contribution in [-0.4, -0.2) is 36.3 Å². The Balaban J connectivity index is 0.00000484. The van der Waals surface area contributed by atoms with Gasteiger partial charge in [-0.3, -0.25) is 0 Å². The van der Waals surface area contributed by atoms with E-state index in [2.05, 4.69) is 15.3 Å². The molecule has 0 spiro atoms. The lowest BCUT2D eigenvalue weighted by molar-refractivity contribution is 0.124. The standard InChI is InChI=1S/C16H28N4O2.HI/c1-5-21-10-6-9-18-15(17)20-12-13-7-8-14(19-11-13)22-16(2,3)4;/h7-8,11H,5-6,9-10,12H2,1-4H3,(H3,17,18,20);1H. The zero-order chi connectivity index (χ0) is 16.4. The predicted octanol–water partition coefficient (Wildman–Crippen LogP) is 2.71. The second kappa shape index (κ2) is 11.4. The maximum absolute atomic E-state index is 5.80. The number of ether oxygens (including phenoxy) is 2. The van der Waals surface area contributed by atoms with E-state index in [0.29, 0.717) is 18.4 Å². The van der Waals surface area contributed by atoms with Crippen LogP contribution >= 0.6 is 24.0 Å². The van der Waals surface area contributed by atoms with Gasteiger partial charge in [-0.2, -0.15) is 0 Å². The zero-order valence-corrected chi connectivity index (χ0v) is 16.8. The monoisotopic (exact) mass is 436 g/mol. The first-order valence-corrected chi connectivity index (χ1v) is 7.66. The van der Waals surface area contributed by atoms with Gasteiger partial charge in [0.2, 0.25) is 5.88 Å². The van der Waals surface area contributed by atoms with Gasteiger partial charge in [0.05, 0.1) is 6.54 Å². The van der Waals surface area contributed by atoms with Crippen molar-refractivity contribution in [3.8, 4) is 5.88 Å². The predicted molar refractivity (Wildman–Crippen MR) is 104 cm³/mol. The van der Waals surface area contributed by atoms with Crippen molar-refractivity contribution < 1.29 is 9.47 Å². The summed E-state index contributed by atoms with van der Waals surface area (Å²) in [6.07, 6.45) is 2.66. The number of hydrogen-bond acceptors (Lipinski definition) is 4. The average molecular weight is 436 g/mol. The summed E-state index contributed by atoms with van der Waals surface area (Å²) in [5, 5.41) is 3.06. The van der Waals surface area contributed by atoms with E-state index in [0.717, 1.165) is 31.7 Å². The van der Waals surface area contributed by atoms with E-state index < -0.39 is 0 Å². The number of rotatable bonds is 8. The highest BCUT2D eigenvalue weighted by molar-refractivity contribution is 14.0. The van der Waals surface area contributed by atoms with Gasteiger partial charge in [-0.25, -0.2) is 9.98 Å². The van der Waals surface area contributed by atoms with Gasteiger partial charge < -0.3 is 20.5 Å². The summed E-state index contributed by atoms with van der Waals surface area (Å²) in [6, 6.07) is 3.79. The van der Waals surface area contributed by atoms with E-state index in [1.807, 2.05) is 39.8 Å². The number of nitrogens with two attached hydrogens (primary N) is 1. The summed E-state index contributed by atoms with van der Waals surface area (Å²) in [7, 11) is 0. The summed E-state index contributed by atoms with van der Waals surface area (Å²) < 4.78 is 10.9. The number of pyridine rings is 1. The van der Waals surface area contributed by atoms with Crippen LogP contribution in [0.3, 0.4) is 0 Å². The third kappa shape index (κ3) is 11.1. The molecule has 1 aromatic rings. The van der Waals surface area contributed by atoms with Crippen LogP contribution in [-0.2, 0) is 11.3 Å². The molecular formula is C16H29IN4O2. The molecule has 132 valence electrons. The minimum absolute atomic E-state index is 0. The summed E-state index contributed by atoms with van der Waals surface area (Å²) in [5.41, 5.74) is 6.54. The Bertz CT molecular complexity index is 458. The molecule has 0 unspecified atom stereocenters. The van der Waals surface area contributed by atoms with E-state index in [1.165, 1.54) is 0 Å². The van der Waals surface area contributed by atoms with E-state index in [1.54, 1.807) is 6.20 Å². The third-order valence-corrected chi connectivity index (χ3v) is 2.62. The van der Waals surface area contributed by atoms with Crippen LogP contribution in [0, 0.1) is 0 Å². The first kappa shape index (κ1) is 21.9. The number of guanidine groups is 1. The van der Waals surface area contributed by atoms with Gasteiger partial charge in [0.15, 0.2) is 5.96 Å². The van der Waals surface area contributed by atoms with Gasteiger partial charge in [0.1, 0.15) is 5.60 Å². The molecule has 0 bridgehead atoms. The summed E-state index contributed by atoms with van der Waals surface area (Å²) in [5.74, 6) is 1.05. The first-order valence-electron chi connectivity index (χ1n) is 7.66. The molecule has 23 heavy (non-hydrogen) atoms. The number of hydrogen-bond donors (Lipinski definition) is 2. The van der Waals surface area contributed by atoms with Crippen molar-refractivity contribution in [2.24, 2.45) is 10.7 Å². The average Bonchev–Trinajstić information content (AvgIpc) is 2.45. The number of nitrogens with zero attached hydrogens (tertiary/aromatic N) is 2. The molecule has 0 aliphatic carbocycles. The Kier molecular flexibility index (Phi) is 10.9. The van der Waals surface area contributed by atoms with Crippen molar-refractivity contribution in [1.29, 1.82) is 0 Å². The van der Waals surface area contributed by atoms with E-state index in [9.17, 15) is 0 Å². The lowest BCUT2D eigenvalue weighted by Gasteiger charge is -2.20. The van der Waals surface area contributed by atoms with Gasteiger partial charge in [-0.15, -0.1) is 24.0 Å². The molecule has 0 atom stereocenters. The van der Waals surface area contributed by atoms with Gasteiger partial charge in [0, 0.05) is 32.0 Å². The maximum atomic E-state index is 5.80. The van der Waals surface area contributed by atoms with Gasteiger partial charge in [-0.05, 0) is 39.7 Å². The Morgan fingerprint density at radius 2 is 2.09 bits per heavy atom. The van der Waals surface area contributed by atoms with Crippen molar-refractivity contribution in [2.75, 3.05) is 19.8 Å². The summed E-state index contributed by atoms with van der Waals surface area (Å²) in [6.45, 7) is 10.7. The first-order chi connectivity index (χ1) is 10.4. The van der Waals surface area contributed by atoms with Gasteiger partial charge in [0.25, 0.3) is 0 Å². The normalized spacial score (nSPS) is 11.7. The minimum atomic E-state index is -0.248. The van der Waals surface area contributed by atoms with Crippen LogP contribution in [0.5, 0.6) is 5.88 Å². The quantitative estimate of drug-likeness (QED) is 0.284. The fourth-order valence-corrected chi connectivity index (χ4v) is 1.65. The molecule has 0 saturated heterocycles. The molecule has 0 radical (unpaired) electrons. The van der Waals surface area contributed by atoms with Crippen LogP contribution in [0.4, 0.5) is 0 Å². The molecule has 0 aliphatic heterocycles. The maximum Gasteiger partial charge on any atom is 0.213 e. The molecule has 3 N–H and O–H groups in total. The molecule has 0 aliphatic rings. The van der Waals surface area contributed by atoms with Crippen LogP contribution in [0.15, 0.2) is 23.3 Å². The molecule has 1 heterocycles. The van der Waals surface area contributed by atoms with Crippen LogP contribution in [0.1, 0.15) is 39.7 Å². The lowest BCUT2D eigenvalue weighted by Crippen LogP contribution is -2.32. The largest absolute Gasteiger partial charge is 0.472 e. The molecule has 0 saturated carbocycles. The molecule has 0 fully saturated rings. The lowest BCUT2D eigenvalue weighted by atomic mass is 10.2. The highest BCUT2D eigenvalue weighted by Gasteiger charge is 2.12. The molecule has 0 aromatic carbocycles. The van der Waals surface area contributed by atoms with Gasteiger partial charge in [-0.1, -0.05) is 6.07 Å². The summed E-state index contributed by atoms with van der Waals surface area (Å²) in [4.78, 5) is 8.55. The van der Waals surface area contributed by atoms with Crippen molar-refractivity contribution in [3.63, 3.8) is 0 Å². The third-order valence-electron chi connectivity index (χ3n) is 2.62. The SMILES string of the molecule is CCOCCCNC(N)=NCc1ccc(OC(C)(C)C)nc1.I.